The Morgan fingerprint density at radius 1 is 1.22 bits per heavy atom. The van der Waals surface area contributed by atoms with E-state index in [2.05, 4.69) is 5.10 Å². The van der Waals surface area contributed by atoms with Gasteiger partial charge in [0.25, 0.3) is 0 Å². The molecular formula is C23H30F3N5O5S. The summed E-state index contributed by atoms with van der Waals surface area (Å²) < 4.78 is 67.5. The summed E-state index contributed by atoms with van der Waals surface area (Å²) in [5.74, 6) is -1.25. The molecule has 0 aliphatic carbocycles. The monoisotopic (exact) mass is 545 g/mol. The number of aromatic nitrogens is 2. The van der Waals surface area contributed by atoms with Crippen molar-refractivity contribution in [3.05, 3.63) is 40.6 Å². The van der Waals surface area contributed by atoms with Crippen LogP contribution in [-0.2, 0) is 35.7 Å². The summed E-state index contributed by atoms with van der Waals surface area (Å²) in [7, 11) is -3.56. The SMILES string of the molecule is CS(=O)(=O)N1CCc2c(c(-c3ccc(C(F)(F)F)c(C(N)=O)c3)nn2CC(O)CN2CCC(O)CC2)C1. The number of primary amides is 1. The van der Waals surface area contributed by atoms with Crippen molar-refractivity contribution in [1.82, 2.24) is 19.0 Å². The molecule has 1 aromatic heterocycles. The van der Waals surface area contributed by atoms with Gasteiger partial charge in [0.2, 0.25) is 15.9 Å². The minimum Gasteiger partial charge on any atom is -0.393 e. The van der Waals surface area contributed by atoms with Crippen molar-refractivity contribution in [2.45, 2.75) is 50.7 Å². The topological polar surface area (TPSA) is 142 Å². The van der Waals surface area contributed by atoms with E-state index in [-0.39, 0.29) is 37.0 Å². The summed E-state index contributed by atoms with van der Waals surface area (Å²) in [6, 6.07) is 2.96. The van der Waals surface area contributed by atoms with Crippen molar-refractivity contribution in [1.29, 1.82) is 0 Å². The molecule has 10 nitrogen and oxygen atoms in total. The van der Waals surface area contributed by atoms with Crippen molar-refractivity contribution < 1.29 is 36.6 Å². The molecule has 1 aromatic carbocycles. The van der Waals surface area contributed by atoms with E-state index in [4.69, 9.17) is 5.73 Å². The number of halogens is 3. The van der Waals surface area contributed by atoms with Crippen molar-refractivity contribution in [3.63, 3.8) is 0 Å². The third-order valence-electron chi connectivity index (χ3n) is 6.84. The van der Waals surface area contributed by atoms with Crippen LogP contribution in [0, 0.1) is 0 Å². The molecule has 14 heteroatoms. The molecule has 1 unspecified atom stereocenters. The van der Waals surface area contributed by atoms with Crippen LogP contribution in [-0.4, -0.2) is 88.2 Å². The van der Waals surface area contributed by atoms with Crippen LogP contribution >= 0.6 is 0 Å². The first-order valence-corrected chi connectivity index (χ1v) is 13.7. The van der Waals surface area contributed by atoms with E-state index >= 15 is 0 Å². The Hall–Kier alpha value is -2.52. The molecular weight excluding hydrogens is 515 g/mol. The van der Waals surface area contributed by atoms with Gasteiger partial charge < -0.3 is 20.8 Å². The molecule has 0 spiro atoms. The molecule has 4 rings (SSSR count). The van der Waals surface area contributed by atoms with E-state index in [0.717, 1.165) is 18.4 Å². The van der Waals surface area contributed by atoms with Crippen LogP contribution in [0.2, 0.25) is 0 Å². The molecule has 2 aliphatic heterocycles. The lowest BCUT2D eigenvalue weighted by Gasteiger charge is -2.31. The second-order valence-corrected chi connectivity index (χ2v) is 11.6. The molecule has 0 saturated carbocycles. The van der Waals surface area contributed by atoms with Gasteiger partial charge in [-0.05, 0) is 25.0 Å². The van der Waals surface area contributed by atoms with Crippen molar-refractivity contribution in [3.8, 4) is 11.3 Å². The van der Waals surface area contributed by atoms with Crippen molar-refractivity contribution in [2.24, 2.45) is 5.73 Å². The number of aliphatic hydroxyl groups excluding tert-OH is 2. The van der Waals surface area contributed by atoms with Gasteiger partial charge in [-0.2, -0.15) is 22.6 Å². The van der Waals surface area contributed by atoms with E-state index in [1.54, 1.807) is 4.68 Å². The van der Waals surface area contributed by atoms with E-state index in [0.29, 0.717) is 50.2 Å². The first-order valence-electron chi connectivity index (χ1n) is 11.9. The summed E-state index contributed by atoms with van der Waals surface area (Å²) >= 11 is 0. The highest BCUT2D eigenvalue weighted by atomic mass is 32.2. The maximum atomic E-state index is 13.4. The number of aliphatic hydroxyl groups is 2. The van der Waals surface area contributed by atoms with E-state index in [1.165, 1.54) is 10.4 Å². The number of β-amino-alcohol motifs (C(OH)–C–C–N with tert-alkyl or cyclic N) is 1. The van der Waals surface area contributed by atoms with Crippen LogP contribution in [0.5, 0.6) is 0 Å². The Bertz CT molecular complexity index is 1270. The van der Waals surface area contributed by atoms with Gasteiger partial charge in [-0.25, -0.2) is 8.42 Å². The Labute approximate surface area is 212 Å². The van der Waals surface area contributed by atoms with E-state index in [1.807, 2.05) is 4.90 Å². The number of carbonyl (C=O) groups excluding carboxylic acids is 1. The molecule has 2 aromatic rings. The minimum atomic E-state index is -4.79. The van der Waals surface area contributed by atoms with Gasteiger partial charge in [-0.1, -0.05) is 6.07 Å². The molecule has 0 radical (unpaired) electrons. The second-order valence-electron chi connectivity index (χ2n) is 9.61. The average molecular weight is 546 g/mol. The van der Waals surface area contributed by atoms with Gasteiger partial charge in [-0.15, -0.1) is 0 Å². The molecule has 1 fully saturated rings. The number of alkyl halides is 3. The number of nitrogens with two attached hydrogens (primary N) is 1. The van der Waals surface area contributed by atoms with Crippen LogP contribution in [0.1, 0.15) is 40.0 Å². The van der Waals surface area contributed by atoms with Crippen LogP contribution < -0.4 is 5.73 Å². The predicted molar refractivity (Wildman–Crippen MR) is 128 cm³/mol. The first-order chi connectivity index (χ1) is 17.2. The van der Waals surface area contributed by atoms with E-state index in [9.17, 15) is 36.6 Å². The lowest BCUT2D eigenvalue weighted by Crippen LogP contribution is -2.41. The van der Waals surface area contributed by atoms with Crippen molar-refractivity contribution in [2.75, 3.05) is 32.4 Å². The Morgan fingerprint density at radius 2 is 1.89 bits per heavy atom. The zero-order chi connectivity index (χ0) is 27.1. The summed E-state index contributed by atoms with van der Waals surface area (Å²) in [6.45, 7) is 1.87. The molecule has 2 aliphatic rings. The number of hydrogen-bond acceptors (Lipinski definition) is 7. The first kappa shape index (κ1) is 27.5. The number of piperidine rings is 1. The number of rotatable bonds is 7. The Balaban J connectivity index is 1.70. The molecule has 1 saturated heterocycles. The maximum Gasteiger partial charge on any atom is 0.417 e. The van der Waals surface area contributed by atoms with Crippen LogP contribution in [0.25, 0.3) is 11.3 Å². The number of carbonyl (C=O) groups is 1. The minimum absolute atomic E-state index is 0.0451. The number of fused-ring (bicyclic) bond motifs is 1. The van der Waals surface area contributed by atoms with Crippen LogP contribution in [0.3, 0.4) is 0 Å². The average Bonchev–Trinajstić information content (AvgIpc) is 3.16. The van der Waals surface area contributed by atoms with Gasteiger partial charge in [-0.3, -0.25) is 9.48 Å². The molecule has 3 heterocycles. The maximum absolute atomic E-state index is 13.4. The Kier molecular flexibility index (Phi) is 7.68. The highest BCUT2D eigenvalue weighted by Gasteiger charge is 2.36. The van der Waals surface area contributed by atoms with Gasteiger partial charge in [0.15, 0.2) is 0 Å². The van der Waals surface area contributed by atoms with Gasteiger partial charge in [0.1, 0.15) is 0 Å². The zero-order valence-electron chi connectivity index (χ0n) is 20.3. The number of benzene rings is 1. The summed E-state index contributed by atoms with van der Waals surface area (Å²) in [5.41, 5.74) is 4.94. The molecule has 4 N–H and O–H groups in total. The number of amides is 1. The fraction of sp³-hybridized carbons (Fsp3) is 0.565. The zero-order valence-corrected chi connectivity index (χ0v) is 21.1. The highest BCUT2D eigenvalue weighted by molar-refractivity contribution is 7.88. The standard InChI is InChI=1S/C23H30F3N5O5S/c1-37(35,36)30-9-6-20-18(13-30)21(14-2-3-19(23(24,25)26)17(10-14)22(27)34)28-31(20)12-16(33)11-29-7-4-15(32)5-8-29/h2-3,10,15-16,32-33H,4-9,11-13H2,1H3,(H2,27,34). The van der Waals surface area contributed by atoms with E-state index < -0.39 is 39.3 Å². The smallest absolute Gasteiger partial charge is 0.393 e. The van der Waals surface area contributed by atoms with Gasteiger partial charge in [0, 0.05) is 56.0 Å². The lowest BCUT2D eigenvalue weighted by molar-refractivity contribution is -0.137. The normalized spacial score (nSPS) is 19.1. The summed E-state index contributed by atoms with van der Waals surface area (Å²) in [4.78, 5) is 13.9. The fourth-order valence-corrected chi connectivity index (χ4v) is 5.72. The third-order valence-corrected chi connectivity index (χ3v) is 8.09. The summed E-state index contributed by atoms with van der Waals surface area (Å²) in [5, 5.41) is 25.0. The van der Waals surface area contributed by atoms with Crippen LogP contribution in [0.15, 0.2) is 18.2 Å². The molecule has 37 heavy (non-hydrogen) atoms. The third kappa shape index (κ3) is 6.14. The number of hydrogen-bond donors (Lipinski definition) is 3. The predicted octanol–water partition coefficient (Wildman–Crippen LogP) is 0.803. The van der Waals surface area contributed by atoms with Crippen molar-refractivity contribution >= 4 is 15.9 Å². The van der Waals surface area contributed by atoms with Gasteiger partial charge in [0.05, 0.1) is 41.8 Å². The molecule has 1 atom stereocenters. The number of sulfonamides is 1. The van der Waals surface area contributed by atoms with Crippen LogP contribution in [0.4, 0.5) is 13.2 Å². The number of nitrogens with zero attached hydrogens (tertiary/aromatic N) is 4. The molecule has 204 valence electrons. The quantitative estimate of drug-likeness (QED) is 0.467. The summed E-state index contributed by atoms with van der Waals surface area (Å²) in [6.07, 6.45) is -3.36. The lowest BCUT2D eigenvalue weighted by atomic mass is 9.97. The fourth-order valence-electron chi connectivity index (χ4n) is 4.93. The van der Waals surface area contributed by atoms with Gasteiger partial charge >= 0.3 is 6.18 Å². The largest absolute Gasteiger partial charge is 0.417 e. The molecule has 1 amide bonds. The Morgan fingerprint density at radius 3 is 2.49 bits per heavy atom. The second kappa shape index (κ2) is 10.3. The molecule has 0 bridgehead atoms. The number of likely N-dealkylation sites (tertiary alicyclic amines) is 1. The highest BCUT2D eigenvalue weighted by Crippen LogP contribution is 2.36.